The van der Waals surface area contributed by atoms with Crippen LogP contribution < -0.4 is 11.1 Å². The van der Waals surface area contributed by atoms with E-state index in [1.54, 1.807) is 0 Å². The fourth-order valence-corrected chi connectivity index (χ4v) is 3.95. The fourth-order valence-electron chi connectivity index (χ4n) is 3.95. The third-order valence-corrected chi connectivity index (χ3v) is 5.10. The van der Waals surface area contributed by atoms with Crippen LogP contribution in [0.2, 0.25) is 0 Å². The first kappa shape index (κ1) is 16.7. The molecule has 21 heavy (non-hydrogen) atoms. The summed E-state index contributed by atoms with van der Waals surface area (Å²) in [6.07, 6.45) is 6.62. The van der Waals surface area contributed by atoms with Crippen LogP contribution in [0.3, 0.4) is 0 Å². The summed E-state index contributed by atoms with van der Waals surface area (Å²) in [6, 6.07) is 0.430. The fraction of sp³-hybridized carbons (Fsp3) is 0.938. The third-order valence-electron chi connectivity index (χ3n) is 5.10. The van der Waals surface area contributed by atoms with E-state index in [4.69, 9.17) is 10.5 Å². The molecule has 3 atom stereocenters. The molecule has 0 radical (unpaired) electrons. The third kappa shape index (κ3) is 3.96. The first-order valence-electron chi connectivity index (χ1n) is 8.52. The van der Waals surface area contributed by atoms with Crippen LogP contribution in [0.4, 0.5) is 0 Å². The van der Waals surface area contributed by atoms with Gasteiger partial charge in [0.1, 0.15) is 0 Å². The van der Waals surface area contributed by atoms with Gasteiger partial charge in [-0.25, -0.2) is 0 Å². The number of likely N-dealkylation sites (N-methyl/N-ethyl adjacent to an activating group) is 2. The average Bonchev–Trinajstić information content (AvgIpc) is 2.98. The molecule has 1 amide bonds. The van der Waals surface area contributed by atoms with Gasteiger partial charge in [0, 0.05) is 19.2 Å². The molecule has 2 fully saturated rings. The zero-order valence-electron chi connectivity index (χ0n) is 13.6. The number of nitrogens with two attached hydrogens (primary N) is 1. The van der Waals surface area contributed by atoms with Crippen LogP contribution in [0.25, 0.3) is 0 Å². The number of ether oxygens (including phenoxy) is 1. The molecule has 1 aliphatic carbocycles. The van der Waals surface area contributed by atoms with Gasteiger partial charge in [-0.1, -0.05) is 13.8 Å². The number of rotatable bonds is 7. The Labute approximate surface area is 128 Å². The minimum absolute atomic E-state index is 0.192. The Kier molecular flexibility index (Phi) is 6.02. The minimum Gasteiger partial charge on any atom is -0.377 e. The van der Waals surface area contributed by atoms with Crippen molar-refractivity contribution in [3.63, 3.8) is 0 Å². The summed E-state index contributed by atoms with van der Waals surface area (Å²) < 4.78 is 5.77. The van der Waals surface area contributed by atoms with Crippen molar-refractivity contribution in [1.82, 2.24) is 10.2 Å². The highest BCUT2D eigenvalue weighted by Crippen LogP contribution is 2.32. The summed E-state index contributed by atoms with van der Waals surface area (Å²) in [7, 11) is 0. The normalized spacial score (nSPS) is 33.5. The highest BCUT2D eigenvalue weighted by atomic mass is 16.5. The standard InChI is InChI=1S/C16H31N3O2/c1-3-18-16(15(17)20)9-5-7-13(11-16)19(4-2)12-14-8-6-10-21-14/h13-14,18H,3-12H2,1-2H3,(H2,17,20). The van der Waals surface area contributed by atoms with Crippen LogP contribution >= 0.6 is 0 Å². The molecule has 1 saturated carbocycles. The Morgan fingerprint density at radius 1 is 1.38 bits per heavy atom. The molecule has 3 unspecified atom stereocenters. The molecule has 0 aromatic heterocycles. The van der Waals surface area contributed by atoms with E-state index in [1.807, 2.05) is 6.92 Å². The summed E-state index contributed by atoms with van der Waals surface area (Å²) >= 11 is 0. The number of nitrogens with one attached hydrogen (secondary N) is 1. The van der Waals surface area contributed by atoms with Crippen LogP contribution in [-0.4, -0.2) is 54.7 Å². The second-order valence-electron chi connectivity index (χ2n) is 6.45. The van der Waals surface area contributed by atoms with E-state index in [0.29, 0.717) is 12.1 Å². The van der Waals surface area contributed by atoms with Crippen molar-refractivity contribution in [2.45, 2.75) is 70.1 Å². The number of primary amides is 1. The topological polar surface area (TPSA) is 67.6 Å². The maximum Gasteiger partial charge on any atom is 0.237 e. The van der Waals surface area contributed by atoms with Crippen molar-refractivity contribution in [1.29, 1.82) is 0 Å². The van der Waals surface area contributed by atoms with Crippen LogP contribution in [0.1, 0.15) is 52.4 Å². The molecule has 2 aliphatic rings. The molecule has 3 N–H and O–H groups in total. The largest absolute Gasteiger partial charge is 0.377 e. The van der Waals surface area contributed by atoms with Gasteiger partial charge in [-0.15, -0.1) is 0 Å². The SMILES string of the molecule is CCNC1(C(N)=O)CCCC(N(CC)CC2CCCO2)C1. The highest BCUT2D eigenvalue weighted by Gasteiger charge is 2.42. The Morgan fingerprint density at radius 2 is 2.19 bits per heavy atom. The lowest BCUT2D eigenvalue weighted by Crippen LogP contribution is -2.61. The van der Waals surface area contributed by atoms with E-state index in [1.165, 1.54) is 6.42 Å². The monoisotopic (exact) mass is 297 g/mol. The van der Waals surface area contributed by atoms with Gasteiger partial charge in [0.05, 0.1) is 11.6 Å². The van der Waals surface area contributed by atoms with Gasteiger partial charge in [-0.05, 0) is 51.6 Å². The Hall–Kier alpha value is -0.650. The quantitative estimate of drug-likeness (QED) is 0.742. The van der Waals surface area contributed by atoms with E-state index in [9.17, 15) is 4.79 Å². The van der Waals surface area contributed by atoms with E-state index < -0.39 is 5.54 Å². The smallest absolute Gasteiger partial charge is 0.237 e. The summed E-state index contributed by atoms with van der Waals surface area (Å²) in [5.41, 5.74) is 5.20. The first-order valence-corrected chi connectivity index (χ1v) is 8.52. The van der Waals surface area contributed by atoms with Gasteiger partial charge in [0.2, 0.25) is 5.91 Å². The van der Waals surface area contributed by atoms with Crippen LogP contribution in [-0.2, 0) is 9.53 Å². The molecule has 1 aliphatic heterocycles. The number of hydrogen-bond acceptors (Lipinski definition) is 4. The van der Waals surface area contributed by atoms with Crippen molar-refractivity contribution < 1.29 is 9.53 Å². The van der Waals surface area contributed by atoms with Crippen molar-refractivity contribution in [2.24, 2.45) is 5.73 Å². The summed E-state index contributed by atoms with van der Waals surface area (Å²) in [4.78, 5) is 14.5. The summed E-state index contributed by atoms with van der Waals surface area (Å²) in [5.74, 6) is -0.192. The first-order chi connectivity index (χ1) is 10.1. The van der Waals surface area contributed by atoms with Crippen molar-refractivity contribution in [3.05, 3.63) is 0 Å². The molecule has 1 heterocycles. The van der Waals surface area contributed by atoms with Crippen molar-refractivity contribution in [2.75, 3.05) is 26.2 Å². The van der Waals surface area contributed by atoms with Crippen molar-refractivity contribution >= 4 is 5.91 Å². The van der Waals surface area contributed by atoms with Gasteiger partial charge >= 0.3 is 0 Å². The van der Waals surface area contributed by atoms with E-state index in [0.717, 1.165) is 58.3 Å². The molecule has 0 aromatic carbocycles. The van der Waals surface area contributed by atoms with Gasteiger partial charge in [0.15, 0.2) is 0 Å². The lowest BCUT2D eigenvalue weighted by molar-refractivity contribution is -0.126. The number of carbonyl (C=O) groups excluding carboxylic acids is 1. The van der Waals surface area contributed by atoms with Gasteiger partial charge in [0.25, 0.3) is 0 Å². The summed E-state index contributed by atoms with van der Waals surface area (Å²) in [5, 5.41) is 3.37. The molecule has 1 saturated heterocycles. The highest BCUT2D eigenvalue weighted by molar-refractivity contribution is 5.84. The second kappa shape index (κ2) is 7.56. The predicted molar refractivity (Wildman–Crippen MR) is 84.1 cm³/mol. The average molecular weight is 297 g/mol. The minimum atomic E-state index is -0.512. The molecule has 0 bridgehead atoms. The zero-order chi connectivity index (χ0) is 15.3. The lowest BCUT2D eigenvalue weighted by Gasteiger charge is -2.43. The van der Waals surface area contributed by atoms with E-state index in [2.05, 4.69) is 17.1 Å². The van der Waals surface area contributed by atoms with Crippen molar-refractivity contribution in [3.8, 4) is 0 Å². The molecule has 5 nitrogen and oxygen atoms in total. The van der Waals surface area contributed by atoms with Gasteiger partial charge in [-0.2, -0.15) is 0 Å². The van der Waals surface area contributed by atoms with Crippen LogP contribution in [0, 0.1) is 0 Å². The Balaban J connectivity index is 2.01. The maximum absolute atomic E-state index is 12.0. The number of nitrogens with zero attached hydrogens (tertiary/aromatic N) is 1. The molecule has 2 rings (SSSR count). The Bertz CT molecular complexity index is 340. The number of hydrogen-bond donors (Lipinski definition) is 2. The van der Waals surface area contributed by atoms with E-state index in [-0.39, 0.29) is 5.91 Å². The van der Waals surface area contributed by atoms with Gasteiger partial charge in [-0.3, -0.25) is 9.69 Å². The summed E-state index contributed by atoms with van der Waals surface area (Å²) in [6.45, 7) is 7.91. The van der Waals surface area contributed by atoms with Crippen LogP contribution in [0.15, 0.2) is 0 Å². The molecule has 0 aromatic rings. The van der Waals surface area contributed by atoms with Gasteiger partial charge < -0.3 is 15.8 Å². The molecule has 5 heteroatoms. The number of carbonyl (C=O) groups is 1. The molecule has 122 valence electrons. The zero-order valence-corrected chi connectivity index (χ0v) is 13.6. The molecule has 0 spiro atoms. The van der Waals surface area contributed by atoms with Crippen LogP contribution in [0.5, 0.6) is 0 Å². The molecular formula is C16H31N3O2. The maximum atomic E-state index is 12.0. The number of amides is 1. The predicted octanol–water partition coefficient (Wildman–Crippen LogP) is 1.26. The Morgan fingerprint density at radius 3 is 2.76 bits per heavy atom. The lowest BCUT2D eigenvalue weighted by atomic mass is 9.77. The second-order valence-corrected chi connectivity index (χ2v) is 6.45. The van der Waals surface area contributed by atoms with E-state index >= 15 is 0 Å². The molecular weight excluding hydrogens is 266 g/mol.